The Morgan fingerprint density at radius 3 is 2.76 bits per heavy atom. The number of benzene rings is 1. The molecule has 5 atom stereocenters. The third-order valence-corrected chi connectivity index (χ3v) is 4.98. The molecule has 1 aromatic carbocycles. The highest BCUT2D eigenvalue weighted by Crippen LogP contribution is 2.57. The Bertz CT molecular complexity index is 436. The van der Waals surface area contributed by atoms with Crippen LogP contribution in [0.15, 0.2) is 42.5 Å². The summed E-state index contributed by atoms with van der Waals surface area (Å²) in [5.74, 6) is 4.53. The largest absolute Gasteiger partial charge is 0.490 e. The van der Waals surface area contributed by atoms with Gasteiger partial charge in [0, 0.05) is 5.92 Å². The van der Waals surface area contributed by atoms with Crippen molar-refractivity contribution < 1.29 is 4.74 Å². The molecule has 1 nitrogen and oxygen atoms in total. The molecule has 0 spiro atoms. The highest BCUT2D eigenvalue weighted by atomic mass is 16.5. The maximum atomic E-state index is 6.18. The number of allylic oxidation sites excluding steroid dienone is 2. The second kappa shape index (κ2) is 3.63. The van der Waals surface area contributed by atoms with Crippen molar-refractivity contribution in [2.45, 2.75) is 25.4 Å². The molecule has 17 heavy (non-hydrogen) atoms. The number of hydrogen-bond donors (Lipinski definition) is 0. The van der Waals surface area contributed by atoms with Crippen molar-refractivity contribution in [1.29, 1.82) is 0 Å². The molecule has 0 radical (unpaired) electrons. The molecule has 2 fully saturated rings. The lowest BCUT2D eigenvalue weighted by molar-refractivity contribution is 0.0955. The van der Waals surface area contributed by atoms with Crippen LogP contribution in [0.2, 0.25) is 0 Å². The first-order valence-electron chi connectivity index (χ1n) is 6.80. The molecule has 0 aliphatic heterocycles. The monoisotopic (exact) mass is 226 g/mol. The van der Waals surface area contributed by atoms with E-state index in [9.17, 15) is 0 Å². The minimum Gasteiger partial charge on any atom is -0.490 e. The minimum absolute atomic E-state index is 0.464. The van der Waals surface area contributed by atoms with Crippen LogP contribution in [-0.2, 0) is 0 Å². The predicted octanol–water partition coefficient (Wildman–Crippen LogP) is 3.67. The summed E-state index contributed by atoms with van der Waals surface area (Å²) in [4.78, 5) is 0. The number of hydrogen-bond acceptors (Lipinski definition) is 1. The minimum atomic E-state index is 0.464. The van der Waals surface area contributed by atoms with Crippen LogP contribution in [0.5, 0.6) is 5.75 Å². The van der Waals surface area contributed by atoms with Crippen LogP contribution in [0.1, 0.15) is 19.3 Å². The Morgan fingerprint density at radius 1 is 1.00 bits per heavy atom. The molecular weight excluding hydrogens is 208 g/mol. The zero-order valence-electron chi connectivity index (χ0n) is 9.96. The van der Waals surface area contributed by atoms with Gasteiger partial charge in [0.2, 0.25) is 0 Å². The van der Waals surface area contributed by atoms with Crippen LogP contribution in [0.4, 0.5) is 0 Å². The molecule has 3 aliphatic rings. The molecule has 88 valence electrons. The molecule has 0 amide bonds. The van der Waals surface area contributed by atoms with Crippen LogP contribution >= 0.6 is 0 Å². The van der Waals surface area contributed by atoms with Gasteiger partial charge in [-0.15, -0.1) is 0 Å². The third-order valence-electron chi connectivity index (χ3n) is 4.98. The van der Waals surface area contributed by atoms with Gasteiger partial charge in [0.05, 0.1) is 0 Å². The van der Waals surface area contributed by atoms with Crippen molar-refractivity contribution in [2.24, 2.45) is 23.7 Å². The highest BCUT2D eigenvalue weighted by molar-refractivity contribution is 5.23. The van der Waals surface area contributed by atoms with Crippen LogP contribution in [-0.4, -0.2) is 6.10 Å². The fourth-order valence-electron chi connectivity index (χ4n) is 4.29. The summed E-state index contributed by atoms with van der Waals surface area (Å²) in [7, 11) is 0. The summed E-state index contributed by atoms with van der Waals surface area (Å²) in [5, 5.41) is 0. The van der Waals surface area contributed by atoms with Crippen LogP contribution in [0, 0.1) is 23.7 Å². The Labute approximate surface area is 102 Å². The number of rotatable bonds is 2. The van der Waals surface area contributed by atoms with Gasteiger partial charge in [0.1, 0.15) is 11.9 Å². The third kappa shape index (κ3) is 1.45. The van der Waals surface area contributed by atoms with E-state index < -0.39 is 0 Å². The SMILES string of the molecule is C1=C[C@H]2[C@H](C1)[C@@H]1C[C@@H]2[C@H](Oc2ccccc2)C1. The number of para-hydroxylation sites is 1. The van der Waals surface area contributed by atoms with E-state index in [0.29, 0.717) is 6.10 Å². The van der Waals surface area contributed by atoms with E-state index in [0.717, 1.165) is 29.4 Å². The van der Waals surface area contributed by atoms with Gasteiger partial charge in [-0.25, -0.2) is 0 Å². The highest BCUT2D eigenvalue weighted by Gasteiger charge is 2.53. The first-order valence-corrected chi connectivity index (χ1v) is 6.80. The Morgan fingerprint density at radius 2 is 1.88 bits per heavy atom. The van der Waals surface area contributed by atoms with Crippen molar-refractivity contribution in [3.63, 3.8) is 0 Å². The zero-order valence-corrected chi connectivity index (χ0v) is 9.96. The fraction of sp³-hybridized carbons (Fsp3) is 0.500. The van der Waals surface area contributed by atoms with E-state index in [1.165, 1.54) is 19.3 Å². The maximum absolute atomic E-state index is 6.18. The second-order valence-electron chi connectivity index (χ2n) is 5.77. The lowest BCUT2D eigenvalue weighted by Gasteiger charge is -2.31. The molecule has 0 N–H and O–H groups in total. The van der Waals surface area contributed by atoms with Gasteiger partial charge in [-0.2, -0.15) is 0 Å². The smallest absolute Gasteiger partial charge is 0.119 e. The molecule has 2 bridgehead atoms. The second-order valence-corrected chi connectivity index (χ2v) is 5.77. The normalized spacial score (nSPS) is 41.8. The number of fused-ring (bicyclic) bond motifs is 5. The van der Waals surface area contributed by atoms with Crippen molar-refractivity contribution >= 4 is 0 Å². The van der Waals surface area contributed by atoms with E-state index in [4.69, 9.17) is 4.74 Å². The Hall–Kier alpha value is -1.24. The van der Waals surface area contributed by atoms with Crippen molar-refractivity contribution in [2.75, 3.05) is 0 Å². The molecule has 4 rings (SSSR count). The molecule has 0 unspecified atom stereocenters. The molecule has 1 aromatic rings. The summed E-state index contributed by atoms with van der Waals surface area (Å²) in [6.07, 6.45) is 9.31. The Balaban J connectivity index is 1.53. The average Bonchev–Trinajstić information content (AvgIpc) is 3.01. The van der Waals surface area contributed by atoms with Gasteiger partial charge >= 0.3 is 0 Å². The van der Waals surface area contributed by atoms with E-state index in [1.807, 2.05) is 6.07 Å². The van der Waals surface area contributed by atoms with Crippen LogP contribution < -0.4 is 4.74 Å². The fourth-order valence-corrected chi connectivity index (χ4v) is 4.29. The van der Waals surface area contributed by atoms with Gasteiger partial charge in [0.15, 0.2) is 0 Å². The summed E-state index contributed by atoms with van der Waals surface area (Å²) in [6, 6.07) is 10.3. The quantitative estimate of drug-likeness (QED) is 0.699. The maximum Gasteiger partial charge on any atom is 0.119 e. The summed E-state index contributed by atoms with van der Waals surface area (Å²) in [6.45, 7) is 0. The molecule has 0 saturated heterocycles. The number of ether oxygens (including phenoxy) is 1. The van der Waals surface area contributed by atoms with Gasteiger partial charge in [-0.1, -0.05) is 30.4 Å². The Kier molecular flexibility index (Phi) is 2.08. The summed E-state index contributed by atoms with van der Waals surface area (Å²) >= 11 is 0. The van der Waals surface area contributed by atoms with E-state index >= 15 is 0 Å². The van der Waals surface area contributed by atoms with E-state index in [-0.39, 0.29) is 0 Å². The molecule has 0 aromatic heterocycles. The van der Waals surface area contributed by atoms with Crippen molar-refractivity contribution in [3.05, 3.63) is 42.5 Å². The van der Waals surface area contributed by atoms with Crippen molar-refractivity contribution in [3.8, 4) is 5.75 Å². The van der Waals surface area contributed by atoms with Crippen LogP contribution in [0.3, 0.4) is 0 Å². The van der Waals surface area contributed by atoms with Gasteiger partial charge in [-0.05, 0) is 49.1 Å². The summed E-state index contributed by atoms with van der Waals surface area (Å²) < 4.78 is 6.18. The predicted molar refractivity (Wildman–Crippen MR) is 67.8 cm³/mol. The zero-order chi connectivity index (χ0) is 11.2. The van der Waals surface area contributed by atoms with E-state index in [2.05, 4.69) is 36.4 Å². The molecule has 2 saturated carbocycles. The molecule has 1 heteroatoms. The van der Waals surface area contributed by atoms with Crippen LogP contribution in [0.25, 0.3) is 0 Å². The van der Waals surface area contributed by atoms with Gasteiger partial charge in [0.25, 0.3) is 0 Å². The topological polar surface area (TPSA) is 9.23 Å². The molecule has 3 aliphatic carbocycles. The standard InChI is InChI=1S/C16H18O/c1-2-5-12(6-3-1)17-16-10-11-9-15(16)14-8-4-7-13(11)14/h1-6,8,11,13-16H,7,9-10H2/t11-,13-,14+,15+,16-/m1/s1. The summed E-state index contributed by atoms with van der Waals surface area (Å²) in [5.41, 5.74) is 0. The van der Waals surface area contributed by atoms with E-state index in [1.54, 1.807) is 0 Å². The average molecular weight is 226 g/mol. The first-order chi connectivity index (χ1) is 8.42. The lowest BCUT2D eigenvalue weighted by Crippen LogP contribution is -2.32. The molecule has 0 heterocycles. The van der Waals surface area contributed by atoms with Gasteiger partial charge < -0.3 is 4.74 Å². The van der Waals surface area contributed by atoms with Gasteiger partial charge in [-0.3, -0.25) is 0 Å². The first kappa shape index (κ1) is 9.76. The van der Waals surface area contributed by atoms with Crippen molar-refractivity contribution in [1.82, 2.24) is 0 Å². The lowest BCUT2D eigenvalue weighted by atomic mass is 9.80. The molecular formula is C16H18O.